The Morgan fingerprint density at radius 2 is 2.00 bits per heavy atom. The molecule has 0 aliphatic carbocycles. The predicted octanol–water partition coefficient (Wildman–Crippen LogP) is 0.750. The zero-order valence-corrected chi connectivity index (χ0v) is 9.90. The molecule has 15 heavy (non-hydrogen) atoms. The van der Waals surface area contributed by atoms with E-state index in [-0.39, 0.29) is 24.2 Å². The van der Waals surface area contributed by atoms with Crippen LogP contribution in [-0.2, 0) is 9.53 Å². The molecule has 1 heterocycles. The van der Waals surface area contributed by atoms with Gasteiger partial charge in [0.25, 0.3) is 0 Å². The van der Waals surface area contributed by atoms with Crippen molar-refractivity contribution < 1.29 is 9.53 Å². The molecule has 1 rings (SSSR count). The van der Waals surface area contributed by atoms with Gasteiger partial charge in [-0.05, 0) is 20.3 Å². The quantitative estimate of drug-likeness (QED) is 0.754. The maximum Gasteiger partial charge on any atom is 0.239 e. The minimum absolute atomic E-state index is 0.0684. The lowest BCUT2D eigenvalue weighted by molar-refractivity contribution is -0.144. The third kappa shape index (κ3) is 3.47. The van der Waals surface area contributed by atoms with Gasteiger partial charge < -0.3 is 15.4 Å². The normalized spacial score (nSPS) is 28.9. The lowest BCUT2D eigenvalue weighted by Gasteiger charge is -2.36. The number of carbonyl (C=O) groups is 1. The number of nitrogens with two attached hydrogens (primary N) is 1. The smallest absolute Gasteiger partial charge is 0.239 e. The maximum atomic E-state index is 11.9. The van der Waals surface area contributed by atoms with Gasteiger partial charge in [0, 0.05) is 13.1 Å². The van der Waals surface area contributed by atoms with Gasteiger partial charge in [-0.1, -0.05) is 13.3 Å². The summed E-state index contributed by atoms with van der Waals surface area (Å²) in [7, 11) is 0. The van der Waals surface area contributed by atoms with Crippen molar-refractivity contribution in [2.75, 3.05) is 13.1 Å². The van der Waals surface area contributed by atoms with E-state index < -0.39 is 0 Å². The first-order valence-electron chi connectivity index (χ1n) is 5.74. The standard InChI is InChI=1S/C11H22N2O2/c1-4-5-10(12)11(14)13-6-8(2)15-9(3)7-13/h8-10H,4-7,12H2,1-3H3/t8-,9+,10-/m0/s1. The molecule has 1 aliphatic rings. The van der Waals surface area contributed by atoms with Crippen LogP contribution in [0.3, 0.4) is 0 Å². The average molecular weight is 214 g/mol. The van der Waals surface area contributed by atoms with Gasteiger partial charge in [0.2, 0.25) is 5.91 Å². The van der Waals surface area contributed by atoms with Gasteiger partial charge in [-0.3, -0.25) is 4.79 Å². The fourth-order valence-electron chi connectivity index (χ4n) is 2.03. The van der Waals surface area contributed by atoms with Gasteiger partial charge in [0.1, 0.15) is 0 Å². The second kappa shape index (κ2) is 5.47. The van der Waals surface area contributed by atoms with Crippen LogP contribution in [0.25, 0.3) is 0 Å². The minimum Gasteiger partial charge on any atom is -0.372 e. The van der Waals surface area contributed by atoms with E-state index in [0.717, 1.165) is 12.8 Å². The summed E-state index contributed by atoms with van der Waals surface area (Å²) in [5.41, 5.74) is 5.82. The molecule has 0 aromatic carbocycles. The van der Waals surface area contributed by atoms with E-state index in [4.69, 9.17) is 10.5 Å². The van der Waals surface area contributed by atoms with Crippen molar-refractivity contribution in [2.24, 2.45) is 5.73 Å². The number of amides is 1. The molecular formula is C11H22N2O2. The van der Waals surface area contributed by atoms with Crippen LogP contribution < -0.4 is 5.73 Å². The third-order valence-electron chi connectivity index (χ3n) is 2.65. The van der Waals surface area contributed by atoms with E-state index in [1.807, 2.05) is 25.7 Å². The van der Waals surface area contributed by atoms with Gasteiger partial charge in [-0.15, -0.1) is 0 Å². The molecule has 4 nitrogen and oxygen atoms in total. The summed E-state index contributed by atoms with van der Waals surface area (Å²) in [6, 6.07) is -0.340. The highest BCUT2D eigenvalue weighted by atomic mass is 16.5. The Hall–Kier alpha value is -0.610. The van der Waals surface area contributed by atoms with Crippen LogP contribution in [0.2, 0.25) is 0 Å². The van der Waals surface area contributed by atoms with E-state index in [1.165, 1.54) is 0 Å². The summed E-state index contributed by atoms with van der Waals surface area (Å²) in [5.74, 6) is 0.0684. The molecule has 0 aromatic heterocycles. The molecule has 0 aromatic rings. The predicted molar refractivity (Wildman–Crippen MR) is 59.5 cm³/mol. The van der Waals surface area contributed by atoms with Crippen LogP contribution in [0, 0.1) is 0 Å². The summed E-state index contributed by atoms with van der Waals surface area (Å²) >= 11 is 0. The topological polar surface area (TPSA) is 55.6 Å². The van der Waals surface area contributed by atoms with Crippen molar-refractivity contribution in [1.82, 2.24) is 4.90 Å². The molecule has 4 heteroatoms. The second-order valence-corrected chi connectivity index (χ2v) is 4.40. The van der Waals surface area contributed by atoms with Crippen molar-refractivity contribution in [2.45, 2.75) is 51.9 Å². The highest BCUT2D eigenvalue weighted by molar-refractivity contribution is 5.81. The van der Waals surface area contributed by atoms with Gasteiger partial charge in [-0.25, -0.2) is 0 Å². The van der Waals surface area contributed by atoms with Gasteiger partial charge in [0.15, 0.2) is 0 Å². The van der Waals surface area contributed by atoms with E-state index >= 15 is 0 Å². The number of ether oxygens (including phenoxy) is 1. The number of hydrogen-bond donors (Lipinski definition) is 1. The largest absolute Gasteiger partial charge is 0.372 e. The van der Waals surface area contributed by atoms with Crippen LogP contribution in [0.15, 0.2) is 0 Å². The van der Waals surface area contributed by atoms with Crippen LogP contribution in [0.5, 0.6) is 0 Å². The Kier molecular flexibility index (Phi) is 4.54. The molecule has 0 spiro atoms. The Bertz CT molecular complexity index is 211. The van der Waals surface area contributed by atoms with E-state index in [1.54, 1.807) is 0 Å². The molecule has 3 atom stereocenters. The zero-order valence-electron chi connectivity index (χ0n) is 9.90. The third-order valence-corrected chi connectivity index (χ3v) is 2.65. The number of nitrogens with zero attached hydrogens (tertiary/aromatic N) is 1. The summed E-state index contributed by atoms with van der Waals surface area (Å²) in [4.78, 5) is 13.8. The monoisotopic (exact) mass is 214 g/mol. The van der Waals surface area contributed by atoms with Gasteiger partial charge in [0.05, 0.1) is 18.2 Å². The Labute approximate surface area is 91.8 Å². The number of morpholine rings is 1. The molecule has 1 saturated heterocycles. The fourth-order valence-corrected chi connectivity index (χ4v) is 2.03. The first-order chi connectivity index (χ1) is 7.04. The maximum absolute atomic E-state index is 11.9. The molecule has 0 bridgehead atoms. The average Bonchev–Trinajstić information content (AvgIpc) is 2.15. The molecular weight excluding hydrogens is 192 g/mol. The molecule has 1 amide bonds. The first kappa shape index (κ1) is 12.5. The van der Waals surface area contributed by atoms with E-state index in [0.29, 0.717) is 13.1 Å². The zero-order chi connectivity index (χ0) is 11.4. The number of rotatable bonds is 3. The molecule has 1 fully saturated rings. The van der Waals surface area contributed by atoms with Gasteiger partial charge >= 0.3 is 0 Å². The Morgan fingerprint density at radius 3 is 2.47 bits per heavy atom. The minimum atomic E-state index is -0.340. The lowest BCUT2D eigenvalue weighted by atomic mass is 10.1. The van der Waals surface area contributed by atoms with Crippen molar-refractivity contribution in [3.8, 4) is 0 Å². The van der Waals surface area contributed by atoms with E-state index in [9.17, 15) is 4.79 Å². The molecule has 0 saturated carbocycles. The van der Waals surface area contributed by atoms with Gasteiger partial charge in [-0.2, -0.15) is 0 Å². The summed E-state index contributed by atoms with van der Waals surface area (Å²) in [6.45, 7) is 7.35. The molecule has 0 radical (unpaired) electrons. The fraction of sp³-hybridized carbons (Fsp3) is 0.909. The SMILES string of the molecule is CCC[C@H](N)C(=O)N1C[C@@H](C)O[C@@H](C)C1. The molecule has 88 valence electrons. The highest BCUT2D eigenvalue weighted by Gasteiger charge is 2.28. The summed E-state index contributed by atoms with van der Waals surface area (Å²) in [6.07, 6.45) is 1.94. The molecule has 1 aliphatic heterocycles. The Morgan fingerprint density at radius 1 is 1.47 bits per heavy atom. The van der Waals surface area contributed by atoms with Crippen LogP contribution in [-0.4, -0.2) is 42.1 Å². The lowest BCUT2D eigenvalue weighted by Crippen LogP contribution is -2.53. The van der Waals surface area contributed by atoms with Crippen LogP contribution in [0.4, 0.5) is 0 Å². The molecule has 2 N–H and O–H groups in total. The highest BCUT2D eigenvalue weighted by Crippen LogP contribution is 2.12. The van der Waals surface area contributed by atoms with Crippen molar-refractivity contribution in [1.29, 1.82) is 0 Å². The van der Waals surface area contributed by atoms with Crippen LogP contribution in [0.1, 0.15) is 33.6 Å². The summed E-state index contributed by atoms with van der Waals surface area (Å²) in [5, 5.41) is 0. The molecule has 0 unspecified atom stereocenters. The van der Waals surface area contributed by atoms with Crippen molar-refractivity contribution >= 4 is 5.91 Å². The second-order valence-electron chi connectivity index (χ2n) is 4.40. The first-order valence-corrected chi connectivity index (χ1v) is 5.74. The number of hydrogen-bond acceptors (Lipinski definition) is 3. The van der Waals surface area contributed by atoms with E-state index in [2.05, 4.69) is 0 Å². The van der Waals surface area contributed by atoms with Crippen LogP contribution >= 0.6 is 0 Å². The summed E-state index contributed by atoms with van der Waals surface area (Å²) < 4.78 is 5.57. The van der Waals surface area contributed by atoms with Crippen molar-refractivity contribution in [3.05, 3.63) is 0 Å². The van der Waals surface area contributed by atoms with Crippen molar-refractivity contribution in [3.63, 3.8) is 0 Å². The Balaban J connectivity index is 2.51. The number of carbonyl (C=O) groups excluding carboxylic acids is 1.